The predicted molar refractivity (Wildman–Crippen MR) is 121 cm³/mol. The van der Waals surface area contributed by atoms with Gasteiger partial charge in [0.2, 0.25) is 0 Å². The van der Waals surface area contributed by atoms with E-state index >= 15 is 0 Å². The number of benzene rings is 1. The van der Waals surface area contributed by atoms with Crippen LogP contribution in [0.5, 0.6) is 0 Å². The van der Waals surface area contributed by atoms with Crippen LogP contribution in [0.1, 0.15) is 21.7 Å². The van der Waals surface area contributed by atoms with E-state index in [-0.39, 0.29) is 36.4 Å². The molecule has 0 radical (unpaired) electrons. The van der Waals surface area contributed by atoms with Crippen LogP contribution in [-0.2, 0) is 6.18 Å². The van der Waals surface area contributed by atoms with Crippen molar-refractivity contribution in [2.24, 2.45) is 4.99 Å². The van der Waals surface area contributed by atoms with Crippen molar-refractivity contribution >= 4 is 35.8 Å². The van der Waals surface area contributed by atoms with Crippen LogP contribution in [0.4, 0.5) is 13.2 Å². The summed E-state index contributed by atoms with van der Waals surface area (Å²) in [4.78, 5) is 20.2. The van der Waals surface area contributed by atoms with Crippen molar-refractivity contribution in [3.63, 3.8) is 0 Å². The molecule has 31 heavy (non-hydrogen) atoms. The van der Waals surface area contributed by atoms with Gasteiger partial charge in [-0.3, -0.25) is 9.79 Å². The second-order valence-corrected chi connectivity index (χ2v) is 6.54. The third-order valence-corrected chi connectivity index (χ3v) is 4.57. The molecule has 10 heteroatoms. The summed E-state index contributed by atoms with van der Waals surface area (Å²) in [5, 5.41) is 3.08. The molecule has 2 heterocycles. The zero-order valence-corrected chi connectivity index (χ0v) is 19.1. The van der Waals surface area contributed by atoms with Crippen molar-refractivity contribution in [1.82, 2.24) is 15.1 Å². The van der Waals surface area contributed by atoms with Gasteiger partial charge in [0.25, 0.3) is 5.91 Å². The van der Waals surface area contributed by atoms with Crippen molar-refractivity contribution in [3.05, 3.63) is 59.5 Å². The predicted octanol–water partition coefficient (Wildman–Crippen LogP) is 3.30. The van der Waals surface area contributed by atoms with Gasteiger partial charge in [-0.2, -0.15) is 13.2 Å². The summed E-state index contributed by atoms with van der Waals surface area (Å²) in [5.74, 6) is 6.34. The van der Waals surface area contributed by atoms with Gasteiger partial charge in [-0.25, -0.2) is 0 Å². The molecule has 1 aromatic carbocycles. The fourth-order valence-electron chi connectivity index (χ4n) is 3.05. The highest BCUT2D eigenvalue weighted by Gasteiger charge is 2.30. The SMILES string of the molecule is CN=C(NCC#Cc1cccc(C(F)(F)F)c1)N1CCN(C(=O)c2ccco2)CC1.I. The molecule has 166 valence electrons. The Morgan fingerprint density at radius 1 is 1.16 bits per heavy atom. The molecule has 1 aromatic heterocycles. The maximum atomic E-state index is 12.8. The summed E-state index contributed by atoms with van der Waals surface area (Å²) >= 11 is 0. The number of nitrogens with one attached hydrogen (secondary N) is 1. The first-order valence-corrected chi connectivity index (χ1v) is 9.33. The van der Waals surface area contributed by atoms with Crippen molar-refractivity contribution < 1.29 is 22.4 Å². The summed E-state index contributed by atoms with van der Waals surface area (Å²) in [6, 6.07) is 8.22. The van der Waals surface area contributed by atoms with Crippen LogP contribution < -0.4 is 5.32 Å². The molecule has 0 saturated carbocycles. The molecule has 1 N–H and O–H groups in total. The Morgan fingerprint density at radius 3 is 2.48 bits per heavy atom. The molecule has 1 saturated heterocycles. The van der Waals surface area contributed by atoms with Gasteiger partial charge in [0.05, 0.1) is 18.4 Å². The van der Waals surface area contributed by atoms with E-state index in [1.807, 2.05) is 4.90 Å². The van der Waals surface area contributed by atoms with Crippen molar-refractivity contribution in [3.8, 4) is 11.8 Å². The number of carbonyl (C=O) groups is 1. The lowest BCUT2D eigenvalue weighted by molar-refractivity contribution is -0.137. The van der Waals surface area contributed by atoms with Gasteiger partial charge in [-0.1, -0.05) is 17.9 Å². The normalized spacial score (nSPS) is 14.4. The van der Waals surface area contributed by atoms with E-state index in [0.717, 1.165) is 12.1 Å². The first kappa shape index (κ1) is 24.6. The van der Waals surface area contributed by atoms with Crippen LogP contribution in [0, 0.1) is 11.8 Å². The third-order valence-electron chi connectivity index (χ3n) is 4.57. The van der Waals surface area contributed by atoms with Crippen LogP contribution >= 0.6 is 24.0 Å². The van der Waals surface area contributed by atoms with Crippen molar-refractivity contribution in [2.45, 2.75) is 6.18 Å². The van der Waals surface area contributed by atoms with Crippen molar-refractivity contribution in [2.75, 3.05) is 39.8 Å². The second kappa shape index (κ2) is 11.1. The molecule has 1 aliphatic rings. The highest BCUT2D eigenvalue weighted by Crippen LogP contribution is 2.29. The minimum atomic E-state index is -4.39. The molecule has 1 aliphatic heterocycles. The van der Waals surface area contributed by atoms with E-state index < -0.39 is 11.7 Å². The molecule has 2 aromatic rings. The summed E-state index contributed by atoms with van der Waals surface area (Å²) in [5.41, 5.74) is -0.424. The summed E-state index contributed by atoms with van der Waals surface area (Å²) in [7, 11) is 1.64. The molecule has 0 unspecified atom stereocenters. The Balaban J connectivity index is 0.00000341. The molecule has 3 rings (SSSR count). The number of halogens is 4. The molecular formula is C21H22F3IN4O2. The number of furan rings is 1. The Labute approximate surface area is 195 Å². The molecule has 6 nitrogen and oxygen atoms in total. The van der Waals surface area contributed by atoms with Crippen LogP contribution in [0.25, 0.3) is 0 Å². The zero-order valence-electron chi connectivity index (χ0n) is 16.8. The number of carbonyl (C=O) groups excluding carboxylic acids is 1. The number of piperazine rings is 1. The number of rotatable bonds is 2. The lowest BCUT2D eigenvalue weighted by atomic mass is 10.1. The van der Waals surface area contributed by atoms with Crippen LogP contribution in [0.2, 0.25) is 0 Å². The molecule has 0 atom stereocenters. The first-order valence-electron chi connectivity index (χ1n) is 9.33. The van der Waals surface area contributed by atoms with Gasteiger partial charge in [0.15, 0.2) is 11.7 Å². The Morgan fingerprint density at radius 2 is 1.87 bits per heavy atom. The lowest BCUT2D eigenvalue weighted by Crippen LogP contribution is -2.53. The molecule has 0 spiro atoms. The summed E-state index contributed by atoms with van der Waals surface area (Å²) in [6.07, 6.45) is -2.92. The quantitative estimate of drug-likeness (QED) is 0.272. The highest BCUT2D eigenvalue weighted by atomic mass is 127. The number of aliphatic imine (C=N–C) groups is 1. The summed E-state index contributed by atoms with van der Waals surface area (Å²) in [6.45, 7) is 2.46. The number of amides is 1. The first-order chi connectivity index (χ1) is 14.4. The van der Waals surface area contributed by atoms with Gasteiger partial charge in [-0.05, 0) is 30.3 Å². The number of nitrogens with zero attached hydrogens (tertiary/aromatic N) is 3. The Bertz CT molecular complexity index is 957. The maximum absolute atomic E-state index is 12.8. The smallest absolute Gasteiger partial charge is 0.416 e. The molecule has 0 bridgehead atoms. The van der Waals surface area contributed by atoms with E-state index in [9.17, 15) is 18.0 Å². The largest absolute Gasteiger partial charge is 0.459 e. The molecule has 1 amide bonds. The lowest BCUT2D eigenvalue weighted by Gasteiger charge is -2.36. The fourth-order valence-corrected chi connectivity index (χ4v) is 3.05. The molecule has 0 aliphatic carbocycles. The molecular weight excluding hydrogens is 524 g/mol. The van der Waals surface area contributed by atoms with Gasteiger partial charge in [0, 0.05) is 38.8 Å². The monoisotopic (exact) mass is 546 g/mol. The van der Waals surface area contributed by atoms with Gasteiger partial charge in [0.1, 0.15) is 0 Å². The van der Waals surface area contributed by atoms with Crippen molar-refractivity contribution in [1.29, 1.82) is 0 Å². The fraction of sp³-hybridized carbons (Fsp3) is 0.333. The zero-order chi connectivity index (χ0) is 21.6. The second-order valence-electron chi connectivity index (χ2n) is 6.54. The van der Waals surface area contributed by atoms with E-state index in [1.54, 1.807) is 24.1 Å². The Hall–Kier alpha value is -2.68. The maximum Gasteiger partial charge on any atom is 0.416 e. The van der Waals surface area contributed by atoms with E-state index in [4.69, 9.17) is 4.42 Å². The van der Waals surface area contributed by atoms with Gasteiger partial charge in [-0.15, -0.1) is 24.0 Å². The van der Waals surface area contributed by atoms with Gasteiger partial charge < -0.3 is 19.5 Å². The topological polar surface area (TPSA) is 61.1 Å². The van der Waals surface area contributed by atoms with E-state index in [0.29, 0.717) is 43.5 Å². The number of hydrogen-bond donors (Lipinski definition) is 1. The molecule has 1 fully saturated rings. The van der Waals surface area contributed by atoms with Crippen LogP contribution in [0.15, 0.2) is 52.1 Å². The third kappa shape index (κ3) is 6.65. The van der Waals surface area contributed by atoms with Gasteiger partial charge >= 0.3 is 6.18 Å². The van der Waals surface area contributed by atoms with Crippen LogP contribution in [0.3, 0.4) is 0 Å². The number of hydrogen-bond acceptors (Lipinski definition) is 3. The summed E-state index contributed by atoms with van der Waals surface area (Å²) < 4.78 is 43.4. The minimum absolute atomic E-state index is 0. The standard InChI is InChI=1S/C21H21F3N4O2.HI/c1-25-20(26-9-3-6-16-5-2-7-17(15-16)21(22,23)24)28-12-10-27(11-13-28)19(29)18-8-4-14-30-18;/h2,4-5,7-8,14-15H,9-13H2,1H3,(H,25,26);1H. The minimum Gasteiger partial charge on any atom is -0.459 e. The van der Waals surface area contributed by atoms with Crippen LogP contribution in [-0.4, -0.2) is 61.4 Å². The van der Waals surface area contributed by atoms with E-state index in [1.165, 1.54) is 18.4 Å². The number of guanidine groups is 1. The average Bonchev–Trinajstić information content (AvgIpc) is 3.28. The Kier molecular flexibility index (Phi) is 8.79. The average molecular weight is 546 g/mol. The highest BCUT2D eigenvalue weighted by molar-refractivity contribution is 14.0. The number of alkyl halides is 3. The van der Waals surface area contributed by atoms with E-state index in [2.05, 4.69) is 22.2 Å².